The van der Waals surface area contributed by atoms with E-state index in [9.17, 15) is 4.79 Å². The molecule has 0 aliphatic rings. The van der Waals surface area contributed by atoms with Gasteiger partial charge in [-0.15, -0.1) is 5.10 Å². The van der Waals surface area contributed by atoms with Crippen LogP contribution in [0.5, 0.6) is 0 Å². The van der Waals surface area contributed by atoms with Gasteiger partial charge in [0.05, 0.1) is 6.20 Å². The van der Waals surface area contributed by atoms with Crippen molar-refractivity contribution in [3.8, 4) is 11.3 Å². The maximum absolute atomic E-state index is 10.8. The van der Waals surface area contributed by atoms with E-state index < -0.39 is 0 Å². The highest BCUT2D eigenvalue weighted by Crippen LogP contribution is 2.17. The molecule has 0 aliphatic heterocycles. The fourth-order valence-corrected chi connectivity index (χ4v) is 2.14. The third-order valence-corrected chi connectivity index (χ3v) is 3.27. The van der Waals surface area contributed by atoms with Gasteiger partial charge >= 0.3 is 0 Å². The van der Waals surface area contributed by atoms with Crippen molar-refractivity contribution in [2.75, 3.05) is 0 Å². The number of unbranched alkanes of at least 4 members (excludes halogenated alkanes) is 2. The number of hydrogen-bond donors (Lipinski definition) is 2. The Balaban J connectivity index is 1.80. The average Bonchev–Trinajstić information content (AvgIpc) is 2.95. The van der Waals surface area contributed by atoms with Gasteiger partial charge in [-0.05, 0) is 25.8 Å². The first kappa shape index (κ1) is 15.2. The molecule has 0 aliphatic carbocycles. The molecule has 2 N–H and O–H groups in total. The number of aromatic nitrogens is 3. The number of amides is 1. The number of nitrogens with one attached hydrogen (secondary N) is 1. The Kier molecular flexibility index (Phi) is 5.45. The topological polar surface area (TPSA) is 80.0 Å². The summed E-state index contributed by atoms with van der Waals surface area (Å²) in [7, 11) is 0. The molecular weight excluding hydrogens is 268 g/mol. The van der Waals surface area contributed by atoms with Gasteiger partial charge in [-0.3, -0.25) is 14.7 Å². The lowest BCUT2D eigenvalue weighted by Crippen LogP contribution is -2.17. The van der Waals surface area contributed by atoms with Crippen molar-refractivity contribution in [1.29, 1.82) is 0 Å². The summed E-state index contributed by atoms with van der Waals surface area (Å²) in [6.07, 6.45) is 4.88. The van der Waals surface area contributed by atoms with Crippen molar-refractivity contribution in [2.45, 2.75) is 39.2 Å². The second kappa shape index (κ2) is 7.54. The normalized spacial score (nSPS) is 10.6. The minimum Gasteiger partial charge on any atom is -0.289 e. The number of rotatable bonds is 7. The zero-order valence-electron chi connectivity index (χ0n) is 12.1. The van der Waals surface area contributed by atoms with E-state index in [1.54, 1.807) is 5.48 Å². The fraction of sp³-hybridized carbons (Fsp3) is 0.400. The Hall–Kier alpha value is -2.21. The molecule has 0 bridgehead atoms. The number of benzene rings is 1. The molecule has 1 amide bonds. The van der Waals surface area contributed by atoms with Crippen molar-refractivity contribution < 1.29 is 10.0 Å². The summed E-state index contributed by atoms with van der Waals surface area (Å²) < 4.78 is 1.82. The highest BCUT2D eigenvalue weighted by molar-refractivity contribution is 5.74. The van der Waals surface area contributed by atoms with E-state index in [1.807, 2.05) is 23.0 Å². The van der Waals surface area contributed by atoms with E-state index >= 15 is 0 Å². The predicted molar refractivity (Wildman–Crippen MR) is 78.6 cm³/mol. The van der Waals surface area contributed by atoms with Crippen LogP contribution in [0.4, 0.5) is 0 Å². The van der Waals surface area contributed by atoms with Gasteiger partial charge in [-0.25, -0.2) is 5.48 Å². The highest BCUT2D eigenvalue weighted by atomic mass is 16.5. The fourth-order valence-electron chi connectivity index (χ4n) is 2.14. The smallest absolute Gasteiger partial charge is 0.243 e. The van der Waals surface area contributed by atoms with E-state index in [2.05, 4.69) is 29.4 Å². The lowest BCUT2D eigenvalue weighted by molar-refractivity contribution is -0.129. The van der Waals surface area contributed by atoms with Crippen molar-refractivity contribution in [3.05, 3.63) is 36.0 Å². The van der Waals surface area contributed by atoms with Gasteiger partial charge < -0.3 is 0 Å². The predicted octanol–water partition coefficient (Wildman–Crippen LogP) is 2.32. The molecule has 6 nitrogen and oxygen atoms in total. The number of carbonyl (C=O) groups is 1. The molecular formula is C15H20N4O2. The molecule has 112 valence electrons. The minimum atomic E-state index is -0.336. The Morgan fingerprint density at radius 3 is 2.95 bits per heavy atom. The SMILES string of the molecule is Cc1cccc(-c2cn(CCCCCC(=O)NO)nn2)c1. The third-order valence-electron chi connectivity index (χ3n) is 3.27. The van der Waals surface area contributed by atoms with Crippen LogP contribution in [0, 0.1) is 6.92 Å². The van der Waals surface area contributed by atoms with Gasteiger partial charge in [-0.2, -0.15) is 0 Å². The Morgan fingerprint density at radius 2 is 2.19 bits per heavy atom. The van der Waals surface area contributed by atoms with Gasteiger partial charge in [0.1, 0.15) is 5.69 Å². The summed E-state index contributed by atoms with van der Waals surface area (Å²) in [5.74, 6) is -0.336. The second-order valence-corrected chi connectivity index (χ2v) is 5.08. The number of nitrogens with zero attached hydrogens (tertiary/aromatic N) is 3. The van der Waals surface area contributed by atoms with Crippen LogP contribution in [-0.4, -0.2) is 26.1 Å². The van der Waals surface area contributed by atoms with E-state index in [0.717, 1.165) is 37.1 Å². The summed E-state index contributed by atoms with van der Waals surface area (Å²) in [6, 6.07) is 8.17. The van der Waals surface area contributed by atoms with Crippen molar-refractivity contribution in [3.63, 3.8) is 0 Å². The average molecular weight is 288 g/mol. The maximum atomic E-state index is 10.8. The lowest BCUT2D eigenvalue weighted by Gasteiger charge is -2.01. The molecule has 21 heavy (non-hydrogen) atoms. The number of carbonyl (C=O) groups excluding carboxylic acids is 1. The summed E-state index contributed by atoms with van der Waals surface area (Å²) in [5.41, 5.74) is 4.78. The van der Waals surface area contributed by atoms with Crippen molar-refractivity contribution >= 4 is 5.91 Å². The Morgan fingerprint density at radius 1 is 1.33 bits per heavy atom. The van der Waals surface area contributed by atoms with E-state index in [0.29, 0.717) is 6.42 Å². The molecule has 2 rings (SSSR count). The number of aryl methyl sites for hydroxylation is 2. The van der Waals surface area contributed by atoms with Gasteiger partial charge in [0.25, 0.3) is 0 Å². The van der Waals surface area contributed by atoms with E-state index in [1.165, 1.54) is 5.56 Å². The first-order valence-electron chi connectivity index (χ1n) is 7.09. The van der Waals surface area contributed by atoms with Crippen LogP contribution in [-0.2, 0) is 11.3 Å². The quantitative estimate of drug-likeness (QED) is 0.465. The Labute approximate surface area is 123 Å². The minimum absolute atomic E-state index is 0.336. The molecule has 0 unspecified atom stereocenters. The van der Waals surface area contributed by atoms with Gasteiger partial charge in [0.2, 0.25) is 5.91 Å². The van der Waals surface area contributed by atoms with Crippen LogP contribution in [0.25, 0.3) is 11.3 Å². The monoisotopic (exact) mass is 288 g/mol. The zero-order chi connectivity index (χ0) is 15.1. The van der Waals surface area contributed by atoms with Crippen molar-refractivity contribution in [2.24, 2.45) is 0 Å². The van der Waals surface area contributed by atoms with E-state index in [-0.39, 0.29) is 5.91 Å². The number of hydroxylamine groups is 1. The van der Waals surface area contributed by atoms with Gasteiger partial charge in [0.15, 0.2) is 0 Å². The molecule has 0 spiro atoms. The molecule has 0 radical (unpaired) electrons. The molecule has 1 aromatic heterocycles. The summed E-state index contributed by atoms with van der Waals surface area (Å²) >= 11 is 0. The first-order chi connectivity index (χ1) is 10.2. The maximum Gasteiger partial charge on any atom is 0.243 e. The molecule has 1 heterocycles. The summed E-state index contributed by atoms with van der Waals surface area (Å²) in [5, 5.41) is 16.7. The molecule has 6 heteroatoms. The van der Waals surface area contributed by atoms with E-state index in [4.69, 9.17) is 5.21 Å². The highest BCUT2D eigenvalue weighted by Gasteiger charge is 2.04. The first-order valence-corrected chi connectivity index (χ1v) is 7.09. The van der Waals surface area contributed by atoms with Crippen LogP contribution >= 0.6 is 0 Å². The lowest BCUT2D eigenvalue weighted by atomic mass is 10.1. The zero-order valence-corrected chi connectivity index (χ0v) is 12.1. The summed E-state index contributed by atoms with van der Waals surface area (Å²) in [6.45, 7) is 2.83. The Bertz CT molecular complexity index is 595. The third kappa shape index (κ3) is 4.68. The van der Waals surface area contributed by atoms with Crippen LogP contribution in [0.15, 0.2) is 30.5 Å². The number of hydrogen-bond acceptors (Lipinski definition) is 4. The van der Waals surface area contributed by atoms with Crippen molar-refractivity contribution in [1.82, 2.24) is 20.5 Å². The molecule has 2 aromatic rings. The molecule has 0 fully saturated rings. The molecule has 0 saturated carbocycles. The van der Waals surface area contributed by atoms with Crippen LogP contribution in [0.2, 0.25) is 0 Å². The van der Waals surface area contributed by atoms with Gasteiger partial charge in [0, 0.05) is 18.5 Å². The standard InChI is InChI=1S/C15H20N4O2/c1-12-6-5-7-13(10-12)14-11-19(18-16-14)9-4-2-3-8-15(20)17-21/h5-7,10-11,21H,2-4,8-9H2,1H3,(H,17,20). The summed E-state index contributed by atoms with van der Waals surface area (Å²) in [4.78, 5) is 10.8. The second-order valence-electron chi connectivity index (χ2n) is 5.08. The molecule has 1 aromatic carbocycles. The largest absolute Gasteiger partial charge is 0.289 e. The van der Waals surface area contributed by atoms with Crippen LogP contribution in [0.3, 0.4) is 0 Å². The molecule has 0 atom stereocenters. The van der Waals surface area contributed by atoms with Crippen LogP contribution in [0.1, 0.15) is 31.2 Å². The van der Waals surface area contributed by atoms with Gasteiger partial charge in [-0.1, -0.05) is 35.4 Å². The van der Waals surface area contributed by atoms with Crippen LogP contribution < -0.4 is 5.48 Å². The molecule has 0 saturated heterocycles.